The number of hydrogen-bond acceptors (Lipinski definition) is 3. The molecule has 0 amide bonds. The molecule has 106 valence electrons. The summed E-state index contributed by atoms with van der Waals surface area (Å²) >= 11 is 0. The Kier molecular flexibility index (Phi) is 5.59. The molecule has 1 aromatic rings. The Hall–Kier alpha value is -1.79. The molecule has 1 rings (SSSR count). The number of ether oxygens (including phenoxy) is 1. The first-order valence-corrected chi connectivity index (χ1v) is 5.93. The number of benzene rings is 1. The lowest BCUT2D eigenvalue weighted by Crippen LogP contribution is -2.05. The van der Waals surface area contributed by atoms with Crippen LogP contribution in [0.4, 0.5) is 18.9 Å². The summed E-state index contributed by atoms with van der Waals surface area (Å²) in [5.74, 6) is -5.56. The molecule has 0 saturated carbocycles. The monoisotopic (exact) mass is 277 g/mol. The maximum atomic E-state index is 13.4. The maximum Gasteiger partial charge on any atom is 0.311 e. The molecule has 0 atom stereocenters. The number of rotatable bonds is 7. The molecule has 0 aromatic heterocycles. The second kappa shape index (κ2) is 6.96. The predicted octanol–water partition coefficient (Wildman–Crippen LogP) is 3.97. The van der Waals surface area contributed by atoms with Gasteiger partial charge in [-0.15, -0.1) is 0 Å². The van der Waals surface area contributed by atoms with Gasteiger partial charge >= 0.3 is 5.69 Å². The third-order valence-electron chi connectivity index (χ3n) is 2.54. The van der Waals surface area contributed by atoms with Gasteiger partial charge in [0.05, 0.1) is 17.6 Å². The smallest absolute Gasteiger partial charge is 0.311 e. The minimum absolute atomic E-state index is 0.0328. The highest BCUT2D eigenvalue weighted by atomic mass is 19.2. The Morgan fingerprint density at radius 3 is 2.47 bits per heavy atom. The fourth-order valence-electron chi connectivity index (χ4n) is 1.53. The van der Waals surface area contributed by atoms with Gasteiger partial charge in [-0.25, -0.2) is 4.39 Å². The third kappa shape index (κ3) is 3.84. The fraction of sp³-hybridized carbons (Fsp3) is 0.500. The molecule has 0 N–H and O–H groups in total. The van der Waals surface area contributed by atoms with Gasteiger partial charge in [0.15, 0.2) is 11.6 Å². The van der Waals surface area contributed by atoms with E-state index in [0.717, 1.165) is 19.3 Å². The Morgan fingerprint density at radius 2 is 1.89 bits per heavy atom. The highest BCUT2D eigenvalue weighted by molar-refractivity contribution is 5.40. The van der Waals surface area contributed by atoms with Gasteiger partial charge in [0.1, 0.15) is 0 Å². The van der Waals surface area contributed by atoms with Crippen molar-refractivity contribution in [1.82, 2.24) is 0 Å². The molecule has 1 aromatic carbocycles. The molecule has 0 saturated heterocycles. The van der Waals surface area contributed by atoms with E-state index in [9.17, 15) is 23.3 Å². The molecule has 0 unspecified atom stereocenters. The van der Waals surface area contributed by atoms with E-state index in [4.69, 9.17) is 4.74 Å². The Morgan fingerprint density at radius 1 is 1.21 bits per heavy atom. The molecule has 0 heterocycles. The summed E-state index contributed by atoms with van der Waals surface area (Å²) in [6, 6.07) is 0.319. The summed E-state index contributed by atoms with van der Waals surface area (Å²) in [5, 5.41) is 10.4. The van der Waals surface area contributed by atoms with Crippen LogP contribution in [0.25, 0.3) is 0 Å². The number of nitrogens with zero attached hydrogens (tertiary/aromatic N) is 1. The minimum atomic E-state index is -1.71. The predicted molar refractivity (Wildman–Crippen MR) is 62.6 cm³/mol. The number of nitro groups is 1. The fourth-order valence-corrected chi connectivity index (χ4v) is 1.53. The van der Waals surface area contributed by atoms with Crippen molar-refractivity contribution >= 4 is 5.69 Å². The quantitative estimate of drug-likeness (QED) is 0.328. The second-order valence-electron chi connectivity index (χ2n) is 4.00. The van der Waals surface area contributed by atoms with Crippen molar-refractivity contribution in [3.63, 3.8) is 0 Å². The van der Waals surface area contributed by atoms with E-state index in [1.807, 2.05) is 6.92 Å². The summed E-state index contributed by atoms with van der Waals surface area (Å²) in [5.41, 5.74) is -1.24. The van der Waals surface area contributed by atoms with Crippen LogP contribution < -0.4 is 4.74 Å². The van der Waals surface area contributed by atoms with Crippen LogP contribution in [0.15, 0.2) is 6.07 Å². The molecule has 0 fully saturated rings. The first kappa shape index (κ1) is 15.3. The van der Waals surface area contributed by atoms with Crippen LogP contribution in [0.3, 0.4) is 0 Å². The molecule has 0 aliphatic heterocycles. The summed E-state index contributed by atoms with van der Waals surface area (Å²) in [7, 11) is 0. The van der Waals surface area contributed by atoms with Crippen molar-refractivity contribution < 1.29 is 22.8 Å². The van der Waals surface area contributed by atoms with E-state index in [1.165, 1.54) is 0 Å². The maximum absolute atomic E-state index is 13.4. The zero-order valence-corrected chi connectivity index (χ0v) is 10.4. The average molecular weight is 277 g/mol. The van der Waals surface area contributed by atoms with Crippen LogP contribution in [0, 0.1) is 27.6 Å². The van der Waals surface area contributed by atoms with Crippen LogP contribution in [0.1, 0.15) is 32.6 Å². The molecule has 19 heavy (non-hydrogen) atoms. The van der Waals surface area contributed by atoms with Gasteiger partial charge in [-0.2, -0.15) is 8.78 Å². The van der Waals surface area contributed by atoms with Gasteiger partial charge in [0.2, 0.25) is 11.6 Å². The van der Waals surface area contributed by atoms with E-state index in [2.05, 4.69) is 0 Å². The van der Waals surface area contributed by atoms with E-state index in [-0.39, 0.29) is 6.61 Å². The molecule has 4 nitrogen and oxygen atoms in total. The highest BCUT2D eigenvalue weighted by Crippen LogP contribution is 2.30. The topological polar surface area (TPSA) is 52.4 Å². The van der Waals surface area contributed by atoms with Crippen LogP contribution in [0.5, 0.6) is 5.75 Å². The Bertz CT molecular complexity index is 466. The van der Waals surface area contributed by atoms with Crippen molar-refractivity contribution in [3.05, 3.63) is 33.6 Å². The SMILES string of the molecule is CCCCCCOc1c(F)cc([N+](=O)[O-])c(F)c1F. The molecule has 7 heteroatoms. The van der Waals surface area contributed by atoms with Crippen molar-refractivity contribution in [2.24, 2.45) is 0 Å². The molecule has 0 radical (unpaired) electrons. The van der Waals surface area contributed by atoms with Crippen LogP contribution >= 0.6 is 0 Å². The average Bonchev–Trinajstić information content (AvgIpc) is 2.36. The highest BCUT2D eigenvalue weighted by Gasteiger charge is 2.26. The molecule has 0 spiro atoms. The summed E-state index contributed by atoms with van der Waals surface area (Å²) in [4.78, 5) is 9.17. The largest absolute Gasteiger partial charge is 0.488 e. The molecular weight excluding hydrogens is 263 g/mol. The Balaban J connectivity index is 2.79. The molecule has 0 aliphatic rings. The lowest BCUT2D eigenvalue weighted by atomic mass is 10.2. The van der Waals surface area contributed by atoms with E-state index in [0.29, 0.717) is 12.5 Å². The third-order valence-corrected chi connectivity index (χ3v) is 2.54. The lowest BCUT2D eigenvalue weighted by molar-refractivity contribution is -0.388. The van der Waals surface area contributed by atoms with E-state index in [1.54, 1.807) is 0 Å². The first-order valence-electron chi connectivity index (χ1n) is 5.93. The van der Waals surface area contributed by atoms with E-state index < -0.39 is 33.8 Å². The van der Waals surface area contributed by atoms with Gasteiger partial charge in [0, 0.05) is 0 Å². The Labute approximate surface area is 108 Å². The second-order valence-corrected chi connectivity index (χ2v) is 4.00. The first-order chi connectivity index (χ1) is 8.99. The van der Waals surface area contributed by atoms with Crippen molar-refractivity contribution in [2.45, 2.75) is 32.6 Å². The van der Waals surface area contributed by atoms with Gasteiger partial charge in [-0.05, 0) is 6.42 Å². The van der Waals surface area contributed by atoms with Crippen LogP contribution in [0.2, 0.25) is 0 Å². The number of hydrogen-bond donors (Lipinski definition) is 0. The van der Waals surface area contributed by atoms with Gasteiger partial charge in [0.25, 0.3) is 0 Å². The molecular formula is C12H14F3NO3. The molecule has 0 aliphatic carbocycles. The standard InChI is InChI=1S/C12H14F3NO3/c1-2-3-4-5-6-19-12-8(13)7-9(16(17)18)10(14)11(12)15/h7H,2-6H2,1H3. The molecule has 0 bridgehead atoms. The van der Waals surface area contributed by atoms with Gasteiger partial charge in [-0.3, -0.25) is 10.1 Å². The number of halogens is 3. The van der Waals surface area contributed by atoms with Crippen molar-refractivity contribution in [3.8, 4) is 5.75 Å². The van der Waals surface area contributed by atoms with E-state index >= 15 is 0 Å². The summed E-state index contributed by atoms with van der Waals surface area (Å²) < 4.78 is 44.9. The zero-order valence-electron chi connectivity index (χ0n) is 10.4. The zero-order chi connectivity index (χ0) is 14.4. The van der Waals surface area contributed by atoms with Gasteiger partial charge in [-0.1, -0.05) is 26.2 Å². The van der Waals surface area contributed by atoms with Crippen molar-refractivity contribution in [2.75, 3.05) is 6.61 Å². The number of nitro benzene ring substituents is 1. The summed E-state index contributed by atoms with van der Waals surface area (Å²) in [6.07, 6.45) is 3.36. The van der Waals surface area contributed by atoms with Crippen molar-refractivity contribution in [1.29, 1.82) is 0 Å². The number of unbranched alkanes of at least 4 members (excludes halogenated alkanes) is 3. The van der Waals surface area contributed by atoms with Crippen LogP contribution in [-0.4, -0.2) is 11.5 Å². The summed E-state index contributed by atoms with van der Waals surface area (Å²) in [6.45, 7) is 2.04. The minimum Gasteiger partial charge on any atom is -0.488 e. The normalized spacial score (nSPS) is 10.5. The lowest BCUT2D eigenvalue weighted by Gasteiger charge is -2.08. The van der Waals surface area contributed by atoms with Gasteiger partial charge < -0.3 is 4.74 Å². The van der Waals surface area contributed by atoms with Crippen LogP contribution in [-0.2, 0) is 0 Å².